The van der Waals surface area contributed by atoms with Crippen LogP contribution in [0.3, 0.4) is 0 Å². The molecule has 0 fully saturated rings. The molecule has 0 aliphatic rings. The second kappa shape index (κ2) is 6.60. The van der Waals surface area contributed by atoms with Gasteiger partial charge in [-0.1, -0.05) is 0 Å². The Morgan fingerprint density at radius 3 is 2.59 bits per heavy atom. The summed E-state index contributed by atoms with van der Waals surface area (Å²) >= 11 is 0. The van der Waals surface area contributed by atoms with Crippen LogP contribution in [0.25, 0.3) is 0 Å². The fourth-order valence-electron chi connectivity index (χ4n) is 1.25. The molecule has 0 spiro atoms. The second-order valence-corrected chi connectivity index (χ2v) is 4.52. The molecule has 0 bridgehead atoms. The SMILES string of the molecule is CC(O)(CNC(=O)c1cccnc1OCC(F)(F)F)C(=O)O. The van der Waals surface area contributed by atoms with E-state index in [1.165, 1.54) is 6.07 Å². The highest BCUT2D eigenvalue weighted by atomic mass is 19.4. The number of aliphatic carboxylic acids is 1. The average Bonchev–Trinajstić information content (AvgIpc) is 2.42. The van der Waals surface area contributed by atoms with E-state index >= 15 is 0 Å². The van der Waals surface area contributed by atoms with Crippen LogP contribution in [-0.4, -0.2) is 52.0 Å². The number of alkyl halides is 3. The van der Waals surface area contributed by atoms with Crippen LogP contribution >= 0.6 is 0 Å². The van der Waals surface area contributed by atoms with Crippen molar-refractivity contribution in [1.29, 1.82) is 0 Å². The Balaban J connectivity index is 2.79. The van der Waals surface area contributed by atoms with Crippen molar-refractivity contribution in [2.45, 2.75) is 18.7 Å². The van der Waals surface area contributed by atoms with Crippen LogP contribution in [-0.2, 0) is 4.79 Å². The van der Waals surface area contributed by atoms with Crippen molar-refractivity contribution in [1.82, 2.24) is 10.3 Å². The zero-order valence-corrected chi connectivity index (χ0v) is 11.3. The zero-order valence-electron chi connectivity index (χ0n) is 11.3. The molecule has 3 N–H and O–H groups in total. The monoisotopic (exact) mass is 322 g/mol. The van der Waals surface area contributed by atoms with E-state index in [1.807, 2.05) is 0 Å². The fraction of sp³-hybridized carbons (Fsp3) is 0.417. The van der Waals surface area contributed by atoms with E-state index in [1.54, 1.807) is 0 Å². The van der Waals surface area contributed by atoms with Gasteiger partial charge in [-0.2, -0.15) is 13.2 Å². The van der Waals surface area contributed by atoms with Gasteiger partial charge in [0.25, 0.3) is 5.91 Å². The van der Waals surface area contributed by atoms with Gasteiger partial charge in [0.15, 0.2) is 12.2 Å². The fourth-order valence-corrected chi connectivity index (χ4v) is 1.25. The molecule has 0 saturated carbocycles. The van der Waals surface area contributed by atoms with Crippen LogP contribution in [0.15, 0.2) is 18.3 Å². The van der Waals surface area contributed by atoms with Gasteiger partial charge in [-0.3, -0.25) is 4.79 Å². The highest BCUT2D eigenvalue weighted by Gasteiger charge is 2.32. The van der Waals surface area contributed by atoms with Crippen LogP contribution < -0.4 is 10.1 Å². The predicted molar refractivity (Wildman–Crippen MR) is 66.4 cm³/mol. The molecule has 1 aromatic heterocycles. The van der Waals surface area contributed by atoms with Gasteiger partial charge in [0.05, 0.1) is 6.54 Å². The third kappa shape index (κ3) is 5.20. The molecule has 1 heterocycles. The number of rotatable bonds is 6. The van der Waals surface area contributed by atoms with Gasteiger partial charge in [0.1, 0.15) is 5.56 Å². The molecule has 122 valence electrons. The van der Waals surface area contributed by atoms with Gasteiger partial charge in [-0.15, -0.1) is 0 Å². The molecule has 7 nitrogen and oxygen atoms in total. The van der Waals surface area contributed by atoms with Gasteiger partial charge >= 0.3 is 12.1 Å². The van der Waals surface area contributed by atoms with Crippen molar-refractivity contribution in [3.8, 4) is 5.88 Å². The summed E-state index contributed by atoms with van der Waals surface area (Å²) in [5, 5.41) is 20.2. The maximum Gasteiger partial charge on any atom is 0.422 e. The highest BCUT2D eigenvalue weighted by molar-refractivity contribution is 5.96. The number of halogens is 3. The highest BCUT2D eigenvalue weighted by Crippen LogP contribution is 2.20. The quantitative estimate of drug-likeness (QED) is 0.707. The van der Waals surface area contributed by atoms with Crippen molar-refractivity contribution >= 4 is 11.9 Å². The van der Waals surface area contributed by atoms with Crippen LogP contribution in [0.5, 0.6) is 5.88 Å². The summed E-state index contributed by atoms with van der Waals surface area (Å²) < 4.78 is 40.8. The molecule has 0 aliphatic heterocycles. The first-order valence-corrected chi connectivity index (χ1v) is 5.91. The third-order valence-electron chi connectivity index (χ3n) is 2.44. The number of aromatic nitrogens is 1. The lowest BCUT2D eigenvalue weighted by molar-refractivity contribution is -0.156. The number of nitrogens with one attached hydrogen (secondary N) is 1. The summed E-state index contributed by atoms with van der Waals surface area (Å²) in [4.78, 5) is 26.0. The summed E-state index contributed by atoms with van der Waals surface area (Å²) in [6.07, 6.45) is -3.46. The van der Waals surface area contributed by atoms with Crippen molar-refractivity contribution in [2.75, 3.05) is 13.2 Å². The van der Waals surface area contributed by atoms with E-state index in [2.05, 4.69) is 15.0 Å². The van der Waals surface area contributed by atoms with Gasteiger partial charge in [0.2, 0.25) is 5.88 Å². The lowest BCUT2D eigenvalue weighted by Crippen LogP contribution is -2.46. The lowest BCUT2D eigenvalue weighted by atomic mass is 10.1. The first-order valence-electron chi connectivity index (χ1n) is 5.91. The minimum absolute atomic E-state index is 0.312. The number of hydrogen-bond donors (Lipinski definition) is 3. The molecule has 0 aromatic carbocycles. The van der Waals surface area contributed by atoms with Crippen molar-refractivity contribution in [3.05, 3.63) is 23.9 Å². The normalized spacial score (nSPS) is 14.0. The molecule has 1 unspecified atom stereocenters. The van der Waals surface area contributed by atoms with E-state index in [0.717, 1.165) is 19.2 Å². The smallest absolute Gasteiger partial charge is 0.422 e. The number of amides is 1. The Kier molecular flexibility index (Phi) is 5.31. The first-order chi connectivity index (χ1) is 10.0. The van der Waals surface area contributed by atoms with Gasteiger partial charge < -0.3 is 20.3 Å². The van der Waals surface area contributed by atoms with Gasteiger partial charge in [0, 0.05) is 6.20 Å². The summed E-state index contributed by atoms with van der Waals surface area (Å²) in [5.74, 6) is -3.04. The Hall–Kier alpha value is -2.36. The number of carbonyl (C=O) groups excluding carboxylic acids is 1. The summed E-state index contributed by atoms with van der Waals surface area (Å²) in [5.41, 5.74) is -2.53. The summed E-state index contributed by atoms with van der Waals surface area (Å²) in [7, 11) is 0. The standard InChI is InChI=1S/C12H13F3N2O5/c1-11(21,10(19)20)5-17-8(18)7-3-2-4-16-9(7)22-6-12(13,14)15/h2-4,21H,5-6H2,1H3,(H,17,18)(H,19,20). The molecule has 1 aromatic rings. The molecule has 1 amide bonds. The number of carbonyl (C=O) groups is 2. The molecule has 1 rings (SSSR count). The third-order valence-corrected chi connectivity index (χ3v) is 2.44. The average molecular weight is 322 g/mol. The van der Waals surface area contributed by atoms with Crippen molar-refractivity contribution < 1.29 is 37.7 Å². The number of carboxylic acids is 1. The molecular formula is C12H13F3N2O5. The Morgan fingerprint density at radius 2 is 2.05 bits per heavy atom. The first kappa shape index (κ1) is 17.7. The van der Waals surface area contributed by atoms with Crippen molar-refractivity contribution in [2.24, 2.45) is 0 Å². The number of ether oxygens (including phenoxy) is 1. The van der Waals surface area contributed by atoms with E-state index < -0.39 is 42.7 Å². The molecule has 10 heteroatoms. The van der Waals surface area contributed by atoms with E-state index in [-0.39, 0.29) is 5.56 Å². The Labute approximate surface area is 122 Å². The van der Waals surface area contributed by atoms with Gasteiger partial charge in [-0.05, 0) is 19.1 Å². The number of aliphatic hydroxyl groups is 1. The van der Waals surface area contributed by atoms with E-state index in [0.29, 0.717) is 0 Å². The van der Waals surface area contributed by atoms with Crippen molar-refractivity contribution in [3.63, 3.8) is 0 Å². The molecule has 0 saturated heterocycles. The second-order valence-electron chi connectivity index (χ2n) is 4.52. The van der Waals surface area contributed by atoms with Crippen LogP contribution in [0.2, 0.25) is 0 Å². The predicted octanol–water partition coefficient (Wildman–Crippen LogP) is 0.588. The Bertz CT molecular complexity index is 560. The topological polar surface area (TPSA) is 109 Å². The summed E-state index contributed by atoms with van der Waals surface area (Å²) in [6.45, 7) is -1.31. The maximum absolute atomic E-state index is 12.1. The number of nitrogens with zero attached hydrogens (tertiary/aromatic N) is 1. The summed E-state index contributed by atoms with van der Waals surface area (Å²) in [6, 6.07) is 2.45. The lowest BCUT2D eigenvalue weighted by Gasteiger charge is -2.18. The van der Waals surface area contributed by atoms with Crippen LogP contribution in [0.4, 0.5) is 13.2 Å². The van der Waals surface area contributed by atoms with Crippen LogP contribution in [0, 0.1) is 0 Å². The molecule has 22 heavy (non-hydrogen) atoms. The molecule has 0 aliphatic carbocycles. The van der Waals surface area contributed by atoms with Crippen LogP contribution in [0.1, 0.15) is 17.3 Å². The number of pyridine rings is 1. The largest absolute Gasteiger partial charge is 0.479 e. The van der Waals surface area contributed by atoms with Gasteiger partial charge in [-0.25, -0.2) is 9.78 Å². The number of carboxylic acid groups (broad SMARTS) is 1. The molecular weight excluding hydrogens is 309 g/mol. The minimum atomic E-state index is -4.60. The Morgan fingerprint density at radius 1 is 1.41 bits per heavy atom. The zero-order chi connectivity index (χ0) is 17.0. The minimum Gasteiger partial charge on any atom is -0.479 e. The molecule has 0 radical (unpaired) electrons. The maximum atomic E-state index is 12.1. The molecule has 1 atom stereocenters. The van der Waals surface area contributed by atoms with E-state index in [4.69, 9.17) is 5.11 Å². The van der Waals surface area contributed by atoms with E-state index in [9.17, 15) is 27.9 Å². The number of hydrogen-bond acceptors (Lipinski definition) is 5.